The molecule has 0 aliphatic carbocycles. The van der Waals surface area contributed by atoms with E-state index in [0.29, 0.717) is 16.5 Å². The quantitative estimate of drug-likeness (QED) is 0.824. The average molecular weight is 258 g/mol. The Bertz CT molecular complexity index is 404. The molecule has 2 nitrogen and oxygen atoms in total. The fraction of sp³-hybridized carbons (Fsp3) is 0.250. The molecule has 1 amide bonds. The second-order valence-electron chi connectivity index (χ2n) is 3.36. The van der Waals surface area contributed by atoms with Crippen molar-refractivity contribution >= 4 is 29.1 Å². The molecule has 0 fully saturated rings. The minimum Gasteiger partial charge on any atom is -0.359 e. The van der Waals surface area contributed by atoms with Crippen LogP contribution in [0.2, 0.25) is 10.0 Å². The van der Waals surface area contributed by atoms with Gasteiger partial charge in [-0.05, 0) is 24.1 Å². The monoisotopic (exact) mass is 257 g/mol. The molecule has 1 rings (SSSR count). The SMILES string of the molecule is C=CC[C@@H](C(=O)NC)c1ccc(Cl)c(Cl)c1. The van der Waals surface area contributed by atoms with Crippen molar-refractivity contribution in [2.75, 3.05) is 7.05 Å². The molecule has 86 valence electrons. The molecule has 0 aliphatic heterocycles. The molecule has 0 bridgehead atoms. The predicted molar refractivity (Wildman–Crippen MR) is 68.1 cm³/mol. The van der Waals surface area contributed by atoms with Crippen LogP contribution in [0.15, 0.2) is 30.9 Å². The summed E-state index contributed by atoms with van der Waals surface area (Å²) in [4.78, 5) is 11.7. The summed E-state index contributed by atoms with van der Waals surface area (Å²) < 4.78 is 0. The van der Waals surface area contributed by atoms with Crippen molar-refractivity contribution < 1.29 is 4.79 Å². The molecule has 0 spiro atoms. The van der Waals surface area contributed by atoms with Crippen LogP contribution in [0.1, 0.15) is 17.9 Å². The van der Waals surface area contributed by atoms with Crippen molar-refractivity contribution in [3.63, 3.8) is 0 Å². The smallest absolute Gasteiger partial charge is 0.227 e. The molecule has 16 heavy (non-hydrogen) atoms. The largest absolute Gasteiger partial charge is 0.359 e. The number of allylic oxidation sites excluding steroid dienone is 1. The number of halogens is 2. The van der Waals surface area contributed by atoms with Crippen molar-refractivity contribution in [3.05, 3.63) is 46.5 Å². The van der Waals surface area contributed by atoms with E-state index in [0.717, 1.165) is 5.56 Å². The van der Waals surface area contributed by atoms with Crippen LogP contribution in [-0.4, -0.2) is 13.0 Å². The van der Waals surface area contributed by atoms with E-state index in [9.17, 15) is 4.79 Å². The molecule has 1 aromatic carbocycles. The van der Waals surface area contributed by atoms with Gasteiger partial charge >= 0.3 is 0 Å². The van der Waals surface area contributed by atoms with Gasteiger partial charge in [0.15, 0.2) is 0 Å². The van der Waals surface area contributed by atoms with Gasteiger partial charge in [0.1, 0.15) is 0 Å². The number of benzene rings is 1. The minimum atomic E-state index is -0.266. The highest BCUT2D eigenvalue weighted by atomic mass is 35.5. The van der Waals surface area contributed by atoms with Gasteiger partial charge in [-0.15, -0.1) is 6.58 Å². The highest BCUT2D eigenvalue weighted by Gasteiger charge is 2.18. The molecular weight excluding hydrogens is 245 g/mol. The Morgan fingerprint density at radius 1 is 1.50 bits per heavy atom. The zero-order valence-corrected chi connectivity index (χ0v) is 10.5. The highest BCUT2D eigenvalue weighted by molar-refractivity contribution is 6.42. The van der Waals surface area contributed by atoms with Crippen molar-refractivity contribution in [2.24, 2.45) is 0 Å². The number of hydrogen-bond acceptors (Lipinski definition) is 1. The number of amides is 1. The van der Waals surface area contributed by atoms with Gasteiger partial charge in [0.25, 0.3) is 0 Å². The van der Waals surface area contributed by atoms with Gasteiger partial charge in [0.2, 0.25) is 5.91 Å². The first-order valence-corrected chi connectivity index (χ1v) is 5.63. The summed E-state index contributed by atoms with van der Waals surface area (Å²) >= 11 is 11.7. The summed E-state index contributed by atoms with van der Waals surface area (Å²) in [5.41, 5.74) is 0.841. The lowest BCUT2D eigenvalue weighted by Gasteiger charge is -2.14. The fourth-order valence-corrected chi connectivity index (χ4v) is 1.77. The van der Waals surface area contributed by atoms with E-state index in [4.69, 9.17) is 23.2 Å². The lowest BCUT2D eigenvalue weighted by atomic mass is 9.95. The van der Waals surface area contributed by atoms with Gasteiger partial charge in [-0.3, -0.25) is 4.79 Å². The molecule has 0 heterocycles. The van der Waals surface area contributed by atoms with E-state index >= 15 is 0 Å². The Hall–Kier alpha value is -0.990. The van der Waals surface area contributed by atoms with Crippen molar-refractivity contribution in [3.8, 4) is 0 Å². The van der Waals surface area contributed by atoms with Crippen LogP contribution in [0.3, 0.4) is 0 Å². The number of hydrogen-bond donors (Lipinski definition) is 1. The van der Waals surface area contributed by atoms with E-state index in [1.54, 1.807) is 31.3 Å². The van der Waals surface area contributed by atoms with Gasteiger partial charge < -0.3 is 5.32 Å². The summed E-state index contributed by atoms with van der Waals surface area (Å²) in [5, 5.41) is 3.56. The highest BCUT2D eigenvalue weighted by Crippen LogP contribution is 2.28. The maximum Gasteiger partial charge on any atom is 0.227 e. The maximum atomic E-state index is 11.7. The van der Waals surface area contributed by atoms with Gasteiger partial charge in [-0.2, -0.15) is 0 Å². The Kier molecular flexibility index (Phi) is 4.84. The molecule has 1 aromatic rings. The second-order valence-corrected chi connectivity index (χ2v) is 4.18. The number of carbonyl (C=O) groups excluding carboxylic acids is 1. The summed E-state index contributed by atoms with van der Waals surface area (Å²) in [6.07, 6.45) is 2.28. The standard InChI is InChI=1S/C12H13Cl2NO/c1-3-4-9(12(16)15-2)8-5-6-10(13)11(14)7-8/h3,5-7,9H,1,4H2,2H3,(H,15,16)/t9-/m1/s1. The van der Waals surface area contributed by atoms with E-state index in [1.807, 2.05) is 0 Å². The Morgan fingerprint density at radius 3 is 2.69 bits per heavy atom. The molecule has 0 saturated heterocycles. The van der Waals surface area contributed by atoms with E-state index < -0.39 is 0 Å². The fourth-order valence-electron chi connectivity index (χ4n) is 1.46. The maximum absolute atomic E-state index is 11.7. The third kappa shape index (κ3) is 3.00. The molecule has 0 saturated carbocycles. The van der Waals surface area contributed by atoms with Crippen LogP contribution in [0.5, 0.6) is 0 Å². The molecule has 0 aromatic heterocycles. The first-order chi connectivity index (χ1) is 7.60. The van der Waals surface area contributed by atoms with Gasteiger partial charge in [-0.1, -0.05) is 35.3 Å². The van der Waals surface area contributed by atoms with E-state index in [1.165, 1.54) is 0 Å². The number of rotatable bonds is 4. The Labute approximate surface area is 105 Å². The first-order valence-electron chi connectivity index (χ1n) is 4.87. The topological polar surface area (TPSA) is 29.1 Å². The summed E-state index contributed by atoms with van der Waals surface area (Å²) in [5.74, 6) is -0.324. The van der Waals surface area contributed by atoms with Crippen LogP contribution in [0, 0.1) is 0 Å². The molecule has 1 N–H and O–H groups in total. The summed E-state index contributed by atoms with van der Waals surface area (Å²) in [7, 11) is 1.61. The van der Waals surface area contributed by atoms with Crippen molar-refractivity contribution in [1.29, 1.82) is 0 Å². The second kappa shape index (κ2) is 5.92. The number of likely N-dealkylation sites (N-methyl/N-ethyl adjacent to an activating group) is 1. The van der Waals surface area contributed by atoms with Crippen molar-refractivity contribution in [2.45, 2.75) is 12.3 Å². The van der Waals surface area contributed by atoms with Crippen LogP contribution in [-0.2, 0) is 4.79 Å². The van der Waals surface area contributed by atoms with Crippen LogP contribution in [0.25, 0.3) is 0 Å². The summed E-state index contributed by atoms with van der Waals surface area (Å²) in [6.45, 7) is 3.64. The zero-order chi connectivity index (χ0) is 12.1. The average Bonchev–Trinajstić information content (AvgIpc) is 2.29. The zero-order valence-electron chi connectivity index (χ0n) is 8.97. The third-order valence-electron chi connectivity index (χ3n) is 2.31. The van der Waals surface area contributed by atoms with E-state index in [2.05, 4.69) is 11.9 Å². The molecule has 1 atom stereocenters. The van der Waals surface area contributed by atoms with Crippen LogP contribution in [0.4, 0.5) is 0 Å². The predicted octanol–water partition coefficient (Wildman–Crippen LogP) is 3.40. The molecular formula is C12H13Cl2NO. The van der Waals surface area contributed by atoms with Crippen LogP contribution >= 0.6 is 23.2 Å². The molecule has 0 unspecified atom stereocenters. The van der Waals surface area contributed by atoms with Gasteiger partial charge in [0.05, 0.1) is 16.0 Å². The minimum absolute atomic E-state index is 0.0571. The lowest BCUT2D eigenvalue weighted by molar-refractivity contribution is -0.122. The first kappa shape index (κ1) is 13.1. The van der Waals surface area contributed by atoms with E-state index in [-0.39, 0.29) is 11.8 Å². The number of carbonyl (C=O) groups is 1. The lowest BCUT2D eigenvalue weighted by Crippen LogP contribution is -2.25. The third-order valence-corrected chi connectivity index (χ3v) is 3.05. The normalized spacial score (nSPS) is 11.9. The molecule has 0 radical (unpaired) electrons. The number of nitrogens with one attached hydrogen (secondary N) is 1. The Morgan fingerprint density at radius 2 is 2.19 bits per heavy atom. The van der Waals surface area contributed by atoms with Crippen molar-refractivity contribution in [1.82, 2.24) is 5.32 Å². The molecule has 4 heteroatoms. The van der Waals surface area contributed by atoms with Crippen LogP contribution < -0.4 is 5.32 Å². The summed E-state index contributed by atoms with van der Waals surface area (Å²) in [6, 6.07) is 5.21. The Balaban J connectivity index is 3.05. The van der Waals surface area contributed by atoms with Gasteiger partial charge in [0, 0.05) is 7.05 Å². The molecule has 0 aliphatic rings. The van der Waals surface area contributed by atoms with Gasteiger partial charge in [-0.25, -0.2) is 0 Å².